The van der Waals surface area contributed by atoms with Crippen LogP contribution in [0.3, 0.4) is 0 Å². The minimum absolute atomic E-state index is 0.00664. The summed E-state index contributed by atoms with van der Waals surface area (Å²) in [6, 6.07) is 14.8. The molecule has 2 atom stereocenters. The number of aryl methyl sites for hydroxylation is 1. The van der Waals surface area contributed by atoms with Gasteiger partial charge in [-0.15, -0.1) is 11.3 Å². The minimum Gasteiger partial charge on any atom is -0.481 e. The molecule has 0 saturated carbocycles. The van der Waals surface area contributed by atoms with Crippen LogP contribution in [0.15, 0.2) is 70.3 Å². The standard InChI is InChI=1S/C26H27ClN4O6S2/c1-17-6-2-7-18(14-17)21(16-22(32)33)29-24(34)25-30(26(35)28-20-9-3-8-19(27)15-20)11-5-12-31(25)39(36,37)23-10-4-13-38-23/h2-4,6-10,13-15,21,25H,5,11-12,16H2,1H3,(H,28,35)(H,29,34)(H,32,33). The zero-order valence-corrected chi connectivity index (χ0v) is 23.3. The van der Waals surface area contributed by atoms with E-state index >= 15 is 0 Å². The van der Waals surface area contributed by atoms with E-state index in [9.17, 15) is 27.9 Å². The molecule has 1 aliphatic rings. The van der Waals surface area contributed by atoms with Gasteiger partial charge in [-0.25, -0.2) is 13.2 Å². The Morgan fingerprint density at radius 2 is 1.87 bits per heavy atom. The first kappa shape index (κ1) is 28.6. The van der Waals surface area contributed by atoms with Crippen LogP contribution in [0.1, 0.15) is 30.0 Å². The number of carboxylic acid groups (broad SMARTS) is 1. The summed E-state index contributed by atoms with van der Waals surface area (Å²) in [7, 11) is -4.16. The molecule has 1 fully saturated rings. The molecule has 4 rings (SSSR count). The normalized spacial score (nSPS) is 16.9. The summed E-state index contributed by atoms with van der Waals surface area (Å²) in [5.41, 5.74) is 1.77. The number of thiophene rings is 1. The second-order valence-corrected chi connectivity index (χ2v) is 12.5. The van der Waals surface area contributed by atoms with E-state index in [1.54, 1.807) is 47.8 Å². The van der Waals surface area contributed by atoms with Crippen LogP contribution in [0, 0.1) is 6.92 Å². The summed E-state index contributed by atoms with van der Waals surface area (Å²) in [5, 5.41) is 16.9. The number of hydrogen-bond acceptors (Lipinski definition) is 6. The van der Waals surface area contributed by atoms with Crippen molar-refractivity contribution in [3.63, 3.8) is 0 Å². The van der Waals surface area contributed by atoms with Gasteiger partial charge in [0.1, 0.15) is 4.21 Å². The van der Waals surface area contributed by atoms with E-state index in [-0.39, 0.29) is 23.7 Å². The van der Waals surface area contributed by atoms with Gasteiger partial charge in [0.2, 0.25) is 0 Å². The Bertz CT molecular complexity index is 1460. The first-order valence-electron chi connectivity index (χ1n) is 12.0. The number of hydrogen-bond donors (Lipinski definition) is 3. The first-order chi connectivity index (χ1) is 18.6. The maximum atomic E-state index is 13.8. The first-order valence-corrected chi connectivity index (χ1v) is 14.7. The van der Waals surface area contributed by atoms with Crippen LogP contribution < -0.4 is 10.6 Å². The highest BCUT2D eigenvalue weighted by Gasteiger charge is 2.45. The molecular formula is C26H27ClN4O6S2. The molecule has 0 radical (unpaired) electrons. The molecule has 1 aromatic heterocycles. The predicted molar refractivity (Wildman–Crippen MR) is 148 cm³/mol. The van der Waals surface area contributed by atoms with Gasteiger partial charge in [0, 0.05) is 23.8 Å². The van der Waals surface area contributed by atoms with E-state index in [1.807, 2.05) is 13.0 Å². The third-order valence-corrected chi connectivity index (χ3v) is 9.58. The van der Waals surface area contributed by atoms with Crippen molar-refractivity contribution in [2.24, 2.45) is 0 Å². The van der Waals surface area contributed by atoms with Gasteiger partial charge in [-0.3, -0.25) is 14.5 Å². The van der Waals surface area contributed by atoms with E-state index in [0.29, 0.717) is 16.3 Å². The van der Waals surface area contributed by atoms with E-state index < -0.39 is 46.6 Å². The van der Waals surface area contributed by atoms with Gasteiger partial charge in [-0.05, 0) is 48.6 Å². The number of urea groups is 1. The van der Waals surface area contributed by atoms with Gasteiger partial charge >= 0.3 is 12.0 Å². The molecule has 0 spiro atoms. The molecule has 2 unspecified atom stereocenters. The number of sulfonamides is 1. The molecule has 206 valence electrons. The lowest BCUT2D eigenvalue weighted by Gasteiger charge is -2.41. The molecule has 3 amide bonds. The SMILES string of the molecule is Cc1cccc(C(CC(=O)O)NC(=O)C2N(C(=O)Nc3cccc(Cl)c3)CCCN2S(=O)(=O)c2cccs2)c1. The average Bonchev–Trinajstić information content (AvgIpc) is 3.44. The maximum Gasteiger partial charge on any atom is 0.323 e. The van der Waals surface area contributed by atoms with Crippen molar-refractivity contribution in [1.82, 2.24) is 14.5 Å². The van der Waals surface area contributed by atoms with E-state index in [4.69, 9.17) is 11.6 Å². The number of benzene rings is 2. The van der Waals surface area contributed by atoms with Gasteiger partial charge in [0.15, 0.2) is 6.17 Å². The van der Waals surface area contributed by atoms with Gasteiger partial charge in [0.25, 0.3) is 15.9 Å². The Morgan fingerprint density at radius 3 is 2.54 bits per heavy atom. The number of halogens is 1. The molecule has 0 bridgehead atoms. The smallest absolute Gasteiger partial charge is 0.323 e. The molecule has 1 saturated heterocycles. The quantitative estimate of drug-likeness (QED) is 0.358. The molecule has 39 heavy (non-hydrogen) atoms. The van der Waals surface area contributed by atoms with Crippen molar-refractivity contribution in [2.75, 3.05) is 18.4 Å². The molecular weight excluding hydrogens is 564 g/mol. The van der Waals surface area contributed by atoms with Crippen molar-refractivity contribution >= 4 is 56.6 Å². The third kappa shape index (κ3) is 6.77. The van der Waals surface area contributed by atoms with Crippen LogP contribution in [-0.2, 0) is 19.6 Å². The number of carbonyl (C=O) groups excluding carboxylic acids is 2. The van der Waals surface area contributed by atoms with Gasteiger partial charge < -0.3 is 15.7 Å². The molecule has 13 heteroatoms. The molecule has 3 aromatic rings. The number of rotatable bonds is 8. The summed E-state index contributed by atoms with van der Waals surface area (Å²) < 4.78 is 28.2. The summed E-state index contributed by atoms with van der Waals surface area (Å²) in [4.78, 5) is 40.1. The largest absolute Gasteiger partial charge is 0.481 e. The number of amides is 3. The zero-order valence-electron chi connectivity index (χ0n) is 20.9. The summed E-state index contributed by atoms with van der Waals surface area (Å²) in [5.74, 6) is -1.96. The van der Waals surface area contributed by atoms with E-state index in [1.165, 1.54) is 12.1 Å². The molecule has 1 aliphatic heterocycles. The Balaban J connectivity index is 1.70. The van der Waals surface area contributed by atoms with Gasteiger partial charge in [-0.1, -0.05) is 53.6 Å². The number of aliphatic carboxylic acids is 1. The number of anilines is 1. The Labute approximate surface area is 235 Å². The van der Waals surface area contributed by atoms with Crippen molar-refractivity contribution in [3.05, 3.63) is 82.2 Å². The lowest BCUT2D eigenvalue weighted by molar-refractivity contribution is -0.138. The second kappa shape index (κ2) is 12.2. The van der Waals surface area contributed by atoms with Crippen molar-refractivity contribution in [1.29, 1.82) is 0 Å². The van der Waals surface area contributed by atoms with E-state index in [2.05, 4.69) is 10.6 Å². The monoisotopic (exact) mass is 590 g/mol. The lowest BCUT2D eigenvalue weighted by atomic mass is 10.0. The van der Waals surface area contributed by atoms with Crippen molar-refractivity contribution in [2.45, 2.75) is 36.2 Å². The fraction of sp³-hybridized carbons (Fsp3) is 0.269. The number of carbonyl (C=O) groups is 3. The highest BCUT2D eigenvalue weighted by Crippen LogP contribution is 2.29. The van der Waals surface area contributed by atoms with Crippen LogP contribution in [0.5, 0.6) is 0 Å². The summed E-state index contributed by atoms with van der Waals surface area (Å²) in [6.45, 7) is 1.92. The van der Waals surface area contributed by atoms with Crippen molar-refractivity contribution < 1.29 is 27.9 Å². The van der Waals surface area contributed by atoms with E-state index in [0.717, 1.165) is 26.1 Å². The highest BCUT2D eigenvalue weighted by atomic mass is 35.5. The third-order valence-electron chi connectivity index (χ3n) is 6.11. The molecule has 2 aromatic carbocycles. The molecule has 10 nitrogen and oxygen atoms in total. The summed E-state index contributed by atoms with van der Waals surface area (Å²) >= 11 is 7.04. The highest BCUT2D eigenvalue weighted by molar-refractivity contribution is 7.91. The Morgan fingerprint density at radius 1 is 1.10 bits per heavy atom. The van der Waals surface area contributed by atoms with Crippen LogP contribution in [0.25, 0.3) is 0 Å². The minimum atomic E-state index is -4.16. The maximum absolute atomic E-state index is 13.8. The van der Waals surface area contributed by atoms with Crippen LogP contribution >= 0.6 is 22.9 Å². The number of carboxylic acids is 1. The van der Waals surface area contributed by atoms with Crippen molar-refractivity contribution in [3.8, 4) is 0 Å². The predicted octanol–water partition coefficient (Wildman–Crippen LogP) is 4.30. The fourth-order valence-corrected chi connectivity index (χ4v) is 7.28. The second-order valence-electron chi connectivity index (χ2n) is 8.98. The summed E-state index contributed by atoms with van der Waals surface area (Å²) in [6.07, 6.45) is -1.71. The molecule has 0 aliphatic carbocycles. The van der Waals surface area contributed by atoms with Gasteiger partial charge in [-0.2, -0.15) is 4.31 Å². The number of nitrogens with one attached hydrogen (secondary N) is 2. The average molecular weight is 591 g/mol. The van der Waals surface area contributed by atoms with Crippen LogP contribution in [0.2, 0.25) is 5.02 Å². The Hall–Kier alpha value is -3.45. The Kier molecular flexibility index (Phi) is 8.90. The topological polar surface area (TPSA) is 136 Å². The van der Waals surface area contributed by atoms with Crippen LogP contribution in [0.4, 0.5) is 10.5 Å². The molecule has 3 N–H and O–H groups in total. The fourth-order valence-electron chi connectivity index (χ4n) is 4.38. The lowest BCUT2D eigenvalue weighted by Crippen LogP contribution is -2.64. The zero-order chi connectivity index (χ0) is 28.2. The molecule has 2 heterocycles. The number of nitrogens with zero attached hydrogens (tertiary/aromatic N) is 2. The van der Waals surface area contributed by atoms with Gasteiger partial charge in [0.05, 0.1) is 12.5 Å². The van der Waals surface area contributed by atoms with Crippen LogP contribution in [-0.4, -0.2) is 59.9 Å².